The number of fused-ring (bicyclic) bond motifs is 10. The zero-order valence-corrected chi connectivity index (χ0v) is 38.8. The molecule has 0 amide bonds. The second-order valence-electron chi connectivity index (χ2n) is 22.8. The fourth-order valence-corrected chi connectivity index (χ4v) is 14.0. The number of carbonyl (C=O) groups excluding carboxylic acids is 1. The van der Waals surface area contributed by atoms with Gasteiger partial charge in [-0.1, -0.05) is 25.7 Å². The SMILES string of the molecule is C=C(CO)CC1CC(O)[C@]2(C)OC3CC4OC5C[C@]6(C)O[C@]7(C)CCC8OC9C[C@]%10(C)OC%11C(C)=CC(=O)OC%11CC%10OC9C[C@@H](C)C8OC7CC6O[C@]5(C)C/C=C\C4OC3CC2O1. The number of hydrogen-bond donors (Lipinski definition) is 2. The third-order valence-electron chi connectivity index (χ3n) is 17.9. The highest BCUT2D eigenvalue weighted by molar-refractivity contribution is 5.84. The molecule has 0 aliphatic carbocycles. The summed E-state index contributed by atoms with van der Waals surface area (Å²) in [6, 6.07) is 0. The molecular formula is C50H72O14. The highest BCUT2D eigenvalue weighted by Gasteiger charge is 2.64. The minimum Gasteiger partial charge on any atom is -0.456 e. The van der Waals surface area contributed by atoms with Crippen LogP contribution in [0.3, 0.4) is 0 Å². The summed E-state index contributed by atoms with van der Waals surface area (Å²) in [5.74, 6) is -0.141. The Hall–Kier alpha value is -1.79. The van der Waals surface area contributed by atoms with Gasteiger partial charge in [0.25, 0.3) is 0 Å². The van der Waals surface area contributed by atoms with E-state index in [1.165, 1.54) is 0 Å². The fourth-order valence-electron chi connectivity index (χ4n) is 14.0. The highest BCUT2D eigenvalue weighted by Crippen LogP contribution is 2.55. The van der Waals surface area contributed by atoms with Crippen LogP contribution in [0.2, 0.25) is 0 Å². The van der Waals surface area contributed by atoms with Gasteiger partial charge in [0.1, 0.15) is 23.9 Å². The molecule has 356 valence electrons. The van der Waals surface area contributed by atoms with E-state index in [0.717, 1.165) is 24.8 Å². The van der Waals surface area contributed by atoms with Gasteiger partial charge < -0.3 is 62.3 Å². The molecule has 64 heavy (non-hydrogen) atoms. The molecule has 23 atom stereocenters. The van der Waals surface area contributed by atoms with Gasteiger partial charge in [-0.25, -0.2) is 4.79 Å². The van der Waals surface area contributed by atoms with Crippen LogP contribution in [0.25, 0.3) is 0 Å². The summed E-state index contributed by atoms with van der Waals surface area (Å²) in [5, 5.41) is 21.0. The molecule has 0 saturated carbocycles. The van der Waals surface area contributed by atoms with Crippen LogP contribution < -0.4 is 0 Å². The van der Waals surface area contributed by atoms with E-state index in [-0.39, 0.29) is 116 Å². The summed E-state index contributed by atoms with van der Waals surface area (Å²) < 4.78 is 75.7. The Bertz CT molecular complexity index is 1910. The first-order valence-electron chi connectivity index (χ1n) is 24.5. The molecule has 11 aliphatic rings. The Labute approximate surface area is 377 Å². The summed E-state index contributed by atoms with van der Waals surface area (Å²) >= 11 is 0. The van der Waals surface area contributed by atoms with Gasteiger partial charge in [0.05, 0.1) is 114 Å². The van der Waals surface area contributed by atoms with Gasteiger partial charge >= 0.3 is 5.97 Å². The molecule has 14 heteroatoms. The quantitative estimate of drug-likeness (QED) is 0.279. The van der Waals surface area contributed by atoms with E-state index >= 15 is 0 Å². The van der Waals surface area contributed by atoms with Crippen LogP contribution in [0.4, 0.5) is 0 Å². The third kappa shape index (κ3) is 7.46. The number of carbonyl (C=O) groups is 1. The maximum Gasteiger partial charge on any atom is 0.331 e. The maximum absolute atomic E-state index is 12.3. The molecule has 0 spiro atoms. The lowest BCUT2D eigenvalue weighted by molar-refractivity contribution is -0.356. The van der Waals surface area contributed by atoms with Crippen molar-refractivity contribution in [3.63, 3.8) is 0 Å². The molecule has 11 heterocycles. The molecular weight excluding hydrogens is 825 g/mol. The van der Waals surface area contributed by atoms with Crippen molar-refractivity contribution in [1.29, 1.82) is 0 Å². The van der Waals surface area contributed by atoms with Gasteiger partial charge in [0.15, 0.2) is 0 Å². The maximum atomic E-state index is 12.3. The van der Waals surface area contributed by atoms with Crippen molar-refractivity contribution >= 4 is 5.97 Å². The summed E-state index contributed by atoms with van der Waals surface area (Å²) in [6.45, 7) is 18.7. The zero-order chi connectivity index (χ0) is 44.7. The Kier molecular flexibility index (Phi) is 11.1. The largest absolute Gasteiger partial charge is 0.456 e. The second-order valence-corrected chi connectivity index (χ2v) is 22.8. The Morgan fingerprint density at radius 1 is 0.719 bits per heavy atom. The Balaban J connectivity index is 0.776. The standard InChI is InChI=1S/C50H72O14/c1-25(24-51)14-28-17-37(52)50(8)41(54-28)19-33-34(61-50)18-32-29(55-33)10-9-12-46(4)42(58-32)23-49(7)40(62-46)21-39-47(5,64-49)13-11-30-44(60-39)26(2)15-31-36(56-30)22-48(6)38(57-31)20-35-45(63-48)27(3)16-43(53)59-35/h9-10,16,26,28-42,44-45,51-52H,1,11-15,17-24H2,2-8H3/b10-9-/t26-,28?,29?,30?,31?,32?,33?,34?,35?,36?,37?,38?,39?,40?,41?,42?,44?,45?,46-,47-,48+,49+,50+/m1/s1. The molecule has 0 aromatic rings. The molecule has 17 unspecified atom stereocenters. The van der Waals surface area contributed by atoms with E-state index in [2.05, 4.69) is 53.3 Å². The van der Waals surface area contributed by atoms with E-state index < -0.39 is 34.1 Å². The van der Waals surface area contributed by atoms with Crippen molar-refractivity contribution in [2.45, 2.75) is 257 Å². The smallest absolute Gasteiger partial charge is 0.331 e. The average molecular weight is 897 g/mol. The molecule has 9 fully saturated rings. The van der Waals surface area contributed by atoms with Crippen molar-refractivity contribution in [3.8, 4) is 0 Å². The van der Waals surface area contributed by atoms with Crippen LogP contribution >= 0.6 is 0 Å². The molecule has 11 aliphatic heterocycles. The van der Waals surface area contributed by atoms with Crippen molar-refractivity contribution in [2.24, 2.45) is 5.92 Å². The van der Waals surface area contributed by atoms with Crippen LogP contribution in [0, 0.1) is 5.92 Å². The van der Waals surface area contributed by atoms with Gasteiger partial charge in [-0.05, 0) is 90.7 Å². The van der Waals surface area contributed by atoms with Crippen LogP contribution in [0.15, 0.2) is 36.0 Å². The first-order chi connectivity index (χ1) is 30.4. The minimum absolute atomic E-state index is 0.101. The predicted molar refractivity (Wildman–Crippen MR) is 229 cm³/mol. The van der Waals surface area contributed by atoms with Gasteiger partial charge in [0, 0.05) is 51.0 Å². The Morgan fingerprint density at radius 2 is 1.48 bits per heavy atom. The normalized spacial score (nSPS) is 57.0. The van der Waals surface area contributed by atoms with Gasteiger partial charge in [-0.3, -0.25) is 0 Å². The van der Waals surface area contributed by atoms with Crippen LogP contribution in [-0.4, -0.2) is 155 Å². The summed E-state index contributed by atoms with van der Waals surface area (Å²) in [7, 11) is 0. The van der Waals surface area contributed by atoms with Crippen molar-refractivity contribution < 1.29 is 67.1 Å². The Morgan fingerprint density at radius 3 is 2.30 bits per heavy atom. The van der Waals surface area contributed by atoms with E-state index in [1.54, 1.807) is 6.08 Å². The fraction of sp³-hybridized carbons (Fsp3) is 0.860. The predicted octanol–water partition coefficient (Wildman–Crippen LogP) is 5.27. The number of esters is 1. The monoisotopic (exact) mass is 896 g/mol. The van der Waals surface area contributed by atoms with Crippen molar-refractivity contribution in [3.05, 3.63) is 36.0 Å². The molecule has 0 bridgehead atoms. The van der Waals surface area contributed by atoms with E-state index in [1.807, 2.05) is 13.8 Å². The van der Waals surface area contributed by atoms with Crippen LogP contribution in [0.1, 0.15) is 126 Å². The van der Waals surface area contributed by atoms with E-state index in [4.69, 9.17) is 52.1 Å². The molecule has 0 radical (unpaired) electrons. The number of aliphatic hydroxyl groups is 2. The lowest BCUT2D eigenvalue weighted by Gasteiger charge is -2.60. The molecule has 11 rings (SSSR count). The zero-order valence-electron chi connectivity index (χ0n) is 38.8. The first kappa shape index (κ1) is 44.7. The molecule has 2 N–H and O–H groups in total. The molecule has 0 aromatic heterocycles. The summed E-state index contributed by atoms with van der Waals surface area (Å²) in [4.78, 5) is 12.3. The van der Waals surface area contributed by atoms with E-state index in [9.17, 15) is 15.0 Å². The minimum atomic E-state index is -0.886. The van der Waals surface area contributed by atoms with E-state index in [0.29, 0.717) is 63.4 Å². The third-order valence-corrected chi connectivity index (χ3v) is 17.9. The number of ether oxygens (including phenoxy) is 11. The van der Waals surface area contributed by atoms with Gasteiger partial charge in [-0.15, -0.1) is 0 Å². The number of rotatable bonds is 3. The lowest BCUT2D eigenvalue weighted by Crippen LogP contribution is -2.70. The average Bonchev–Trinajstić information content (AvgIpc) is 3.43. The molecule has 0 aromatic carbocycles. The number of aliphatic hydroxyl groups excluding tert-OH is 2. The number of hydrogen-bond acceptors (Lipinski definition) is 14. The van der Waals surface area contributed by atoms with Crippen LogP contribution in [-0.2, 0) is 56.9 Å². The topological polar surface area (TPSA) is 159 Å². The second kappa shape index (κ2) is 15.9. The van der Waals surface area contributed by atoms with Crippen LogP contribution in [0.5, 0.6) is 0 Å². The van der Waals surface area contributed by atoms with Crippen molar-refractivity contribution in [1.82, 2.24) is 0 Å². The van der Waals surface area contributed by atoms with Crippen molar-refractivity contribution in [2.75, 3.05) is 6.61 Å². The highest BCUT2D eigenvalue weighted by atomic mass is 16.7. The molecule has 14 nitrogen and oxygen atoms in total. The van der Waals surface area contributed by atoms with Gasteiger partial charge in [0.2, 0.25) is 0 Å². The lowest BCUT2D eigenvalue weighted by atomic mass is 9.72. The first-order valence-corrected chi connectivity index (χ1v) is 24.5. The summed E-state index contributed by atoms with van der Waals surface area (Å²) in [6.07, 6.45) is 9.32. The summed E-state index contributed by atoms with van der Waals surface area (Å²) in [5.41, 5.74) is -1.68. The molecule has 9 saturated heterocycles. The van der Waals surface area contributed by atoms with Gasteiger partial charge in [-0.2, -0.15) is 0 Å².